The third-order valence-corrected chi connectivity index (χ3v) is 4.91. The molecule has 0 saturated carbocycles. The van der Waals surface area contributed by atoms with Crippen molar-refractivity contribution in [1.29, 1.82) is 0 Å². The zero-order valence-corrected chi connectivity index (χ0v) is 18.5. The minimum absolute atomic E-state index is 0. The molecule has 0 amide bonds. The van der Waals surface area contributed by atoms with Crippen LogP contribution >= 0.6 is 24.0 Å². The molecule has 3 rings (SSSR count). The molecule has 0 spiro atoms. The third-order valence-electron chi connectivity index (χ3n) is 4.91. The van der Waals surface area contributed by atoms with E-state index in [0.29, 0.717) is 12.5 Å². The molecule has 2 heterocycles. The molecule has 148 valence electrons. The van der Waals surface area contributed by atoms with E-state index >= 15 is 0 Å². The van der Waals surface area contributed by atoms with E-state index in [1.807, 2.05) is 12.1 Å². The summed E-state index contributed by atoms with van der Waals surface area (Å²) in [6.45, 7) is 4.34. The van der Waals surface area contributed by atoms with Crippen LogP contribution in [0.1, 0.15) is 42.6 Å². The lowest BCUT2D eigenvalue weighted by molar-refractivity contribution is 0.287. The number of hydrogen-bond acceptors (Lipinski definition) is 3. The molecule has 5 nitrogen and oxygen atoms in total. The van der Waals surface area contributed by atoms with Gasteiger partial charge in [-0.05, 0) is 43.1 Å². The molecule has 0 bridgehead atoms. The predicted molar refractivity (Wildman–Crippen MR) is 121 cm³/mol. The molecular weight excluding hydrogens is 451 g/mol. The van der Waals surface area contributed by atoms with Gasteiger partial charge in [0.2, 0.25) is 0 Å². The maximum atomic E-state index is 6.26. The fourth-order valence-corrected chi connectivity index (χ4v) is 3.45. The van der Waals surface area contributed by atoms with Gasteiger partial charge in [0.1, 0.15) is 5.76 Å². The van der Waals surface area contributed by atoms with E-state index in [2.05, 4.69) is 46.1 Å². The first-order valence-corrected chi connectivity index (χ1v) is 9.55. The SMILES string of the molecule is CN(Cc1ccco1)Cc1ccccc1CN=C(N)N1CCCCCC1.I. The monoisotopic (exact) mass is 482 g/mol. The van der Waals surface area contributed by atoms with Crippen molar-refractivity contribution < 1.29 is 4.42 Å². The van der Waals surface area contributed by atoms with Gasteiger partial charge in [-0.15, -0.1) is 24.0 Å². The number of likely N-dealkylation sites (tertiary alicyclic amines) is 1. The Morgan fingerprint density at radius 1 is 1.04 bits per heavy atom. The normalized spacial score (nSPS) is 15.5. The Labute approximate surface area is 179 Å². The maximum absolute atomic E-state index is 6.26. The highest BCUT2D eigenvalue weighted by Gasteiger charge is 2.11. The van der Waals surface area contributed by atoms with Gasteiger partial charge in [-0.25, -0.2) is 4.99 Å². The summed E-state index contributed by atoms with van der Waals surface area (Å²) in [5.41, 5.74) is 8.78. The summed E-state index contributed by atoms with van der Waals surface area (Å²) in [5, 5.41) is 0. The third kappa shape index (κ3) is 6.84. The second-order valence-electron chi connectivity index (χ2n) is 7.10. The Morgan fingerprint density at radius 2 is 1.74 bits per heavy atom. The molecule has 2 aromatic rings. The number of hydrogen-bond donors (Lipinski definition) is 1. The van der Waals surface area contributed by atoms with Gasteiger partial charge in [-0.3, -0.25) is 4.90 Å². The Morgan fingerprint density at radius 3 is 2.41 bits per heavy atom. The lowest BCUT2D eigenvalue weighted by Gasteiger charge is -2.21. The standard InChI is InChI=1S/C21H30N4O.HI/c1-24(17-20-11-8-14-26-20)16-19-10-5-4-9-18(19)15-23-21(22)25-12-6-2-3-7-13-25;/h4-5,8-11,14H,2-3,6-7,12-13,15-17H2,1H3,(H2,22,23);1H. The van der Waals surface area contributed by atoms with Gasteiger partial charge < -0.3 is 15.1 Å². The van der Waals surface area contributed by atoms with Gasteiger partial charge in [-0.2, -0.15) is 0 Å². The van der Waals surface area contributed by atoms with Crippen molar-refractivity contribution in [1.82, 2.24) is 9.80 Å². The van der Waals surface area contributed by atoms with Gasteiger partial charge in [0.25, 0.3) is 0 Å². The molecule has 0 atom stereocenters. The molecule has 0 aliphatic carbocycles. The molecule has 6 heteroatoms. The van der Waals surface area contributed by atoms with Crippen LogP contribution in [0.2, 0.25) is 0 Å². The number of halogens is 1. The minimum Gasteiger partial charge on any atom is -0.468 e. The molecule has 1 fully saturated rings. The summed E-state index contributed by atoms with van der Waals surface area (Å²) in [6.07, 6.45) is 6.75. The van der Waals surface area contributed by atoms with Crippen molar-refractivity contribution in [3.05, 3.63) is 59.5 Å². The largest absolute Gasteiger partial charge is 0.468 e. The van der Waals surface area contributed by atoms with Crippen molar-refractivity contribution in [2.45, 2.75) is 45.3 Å². The van der Waals surface area contributed by atoms with Crippen LogP contribution in [0.15, 0.2) is 52.1 Å². The first kappa shape index (κ1) is 21.8. The molecule has 2 N–H and O–H groups in total. The number of rotatable bonds is 6. The number of nitrogens with two attached hydrogens (primary N) is 1. The number of furan rings is 1. The lowest BCUT2D eigenvalue weighted by Crippen LogP contribution is -2.38. The van der Waals surface area contributed by atoms with Crippen molar-refractivity contribution in [2.24, 2.45) is 10.7 Å². The molecule has 1 aromatic carbocycles. The number of aliphatic imine (C=N–C) groups is 1. The van der Waals surface area contributed by atoms with E-state index in [-0.39, 0.29) is 24.0 Å². The second-order valence-corrected chi connectivity index (χ2v) is 7.10. The number of guanidine groups is 1. The van der Waals surface area contributed by atoms with Gasteiger partial charge in [0, 0.05) is 19.6 Å². The minimum atomic E-state index is 0. The van der Waals surface area contributed by atoms with E-state index in [1.165, 1.54) is 36.8 Å². The van der Waals surface area contributed by atoms with E-state index in [4.69, 9.17) is 10.2 Å². The van der Waals surface area contributed by atoms with Crippen molar-refractivity contribution in [3.63, 3.8) is 0 Å². The molecule has 0 radical (unpaired) electrons. The zero-order chi connectivity index (χ0) is 18.2. The van der Waals surface area contributed by atoms with E-state index in [9.17, 15) is 0 Å². The topological polar surface area (TPSA) is 58.0 Å². The van der Waals surface area contributed by atoms with E-state index in [1.54, 1.807) is 6.26 Å². The molecule has 27 heavy (non-hydrogen) atoms. The van der Waals surface area contributed by atoms with Crippen LogP contribution in [-0.4, -0.2) is 35.9 Å². The lowest BCUT2D eigenvalue weighted by atomic mass is 10.1. The average molecular weight is 482 g/mol. The molecule has 1 aliphatic heterocycles. The summed E-state index contributed by atoms with van der Waals surface area (Å²) in [4.78, 5) is 9.17. The van der Waals surface area contributed by atoms with Crippen molar-refractivity contribution in [2.75, 3.05) is 20.1 Å². The predicted octanol–water partition coefficient (Wildman–Crippen LogP) is 4.22. The van der Waals surface area contributed by atoms with Crippen LogP contribution in [-0.2, 0) is 19.6 Å². The summed E-state index contributed by atoms with van der Waals surface area (Å²) in [5.74, 6) is 1.67. The van der Waals surface area contributed by atoms with Gasteiger partial charge in [0.15, 0.2) is 5.96 Å². The molecule has 1 saturated heterocycles. The highest BCUT2D eigenvalue weighted by molar-refractivity contribution is 14.0. The molecule has 1 aliphatic rings. The molecular formula is C21H31IN4O. The summed E-state index contributed by atoms with van der Waals surface area (Å²) in [6, 6.07) is 12.4. The Balaban J connectivity index is 0.00000261. The number of benzene rings is 1. The first-order valence-electron chi connectivity index (χ1n) is 9.55. The van der Waals surface area contributed by atoms with E-state index in [0.717, 1.165) is 31.9 Å². The molecule has 1 aromatic heterocycles. The zero-order valence-electron chi connectivity index (χ0n) is 16.1. The van der Waals surface area contributed by atoms with Gasteiger partial charge in [0.05, 0.1) is 19.4 Å². The van der Waals surface area contributed by atoms with Crippen LogP contribution < -0.4 is 5.73 Å². The highest BCUT2D eigenvalue weighted by Crippen LogP contribution is 2.15. The van der Waals surface area contributed by atoms with Crippen LogP contribution in [0.3, 0.4) is 0 Å². The maximum Gasteiger partial charge on any atom is 0.191 e. The average Bonchev–Trinajstić information content (AvgIpc) is 2.99. The van der Waals surface area contributed by atoms with Crippen LogP contribution in [0, 0.1) is 0 Å². The van der Waals surface area contributed by atoms with Gasteiger partial charge in [-0.1, -0.05) is 37.1 Å². The fraction of sp³-hybridized carbons (Fsp3) is 0.476. The summed E-state index contributed by atoms with van der Waals surface area (Å²) >= 11 is 0. The summed E-state index contributed by atoms with van der Waals surface area (Å²) < 4.78 is 5.44. The highest BCUT2D eigenvalue weighted by atomic mass is 127. The molecule has 0 unspecified atom stereocenters. The van der Waals surface area contributed by atoms with Crippen LogP contribution in [0.4, 0.5) is 0 Å². The van der Waals surface area contributed by atoms with E-state index < -0.39 is 0 Å². The van der Waals surface area contributed by atoms with Crippen LogP contribution in [0.25, 0.3) is 0 Å². The first-order chi connectivity index (χ1) is 12.7. The summed E-state index contributed by atoms with van der Waals surface area (Å²) in [7, 11) is 2.11. The van der Waals surface area contributed by atoms with Crippen molar-refractivity contribution in [3.8, 4) is 0 Å². The van der Waals surface area contributed by atoms with Gasteiger partial charge >= 0.3 is 0 Å². The Bertz CT molecular complexity index is 694. The second kappa shape index (κ2) is 11.3. The van der Waals surface area contributed by atoms with Crippen molar-refractivity contribution >= 4 is 29.9 Å². The van der Waals surface area contributed by atoms with Crippen LogP contribution in [0.5, 0.6) is 0 Å². The fourth-order valence-electron chi connectivity index (χ4n) is 3.45. The Hall–Kier alpha value is -1.54. The quantitative estimate of drug-likeness (QED) is 0.381. The Kier molecular flexibility index (Phi) is 9.14. The number of nitrogens with zero attached hydrogens (tertiary/aromatic N) is 3. The smallest absolute Gasteiger partial charge is 0.191 e.